The number of ether oxygens (including phenoxy) is 1. The van der Waals surface area contributed by atoms with Gasteiger partial charge in [0.05, 0.1) is 6.54 Å². The summed E-state index contributed by atoms with van der Waals surface area (Å²) in [5.41, 5.74) is 5.94. The topological polar surface area (TPSA) is 42.4 Å². The molecule has 0 unspecified atom stereocenters. The lowest BCUT2D eigenvalue weighted by Gasteiger charge is -2.30. The Bertz CT molecular complexity index is 660. The Morgan fingerprint density at radius 1 is 1.35 bits per heavy atom. The van der Waals surface area contributed by atoms with Crippen molar-refractivity contribution >= 4 is 14.2 Å². The van der Waals surface area contributed by atoms with Gasteiger partial charge in [-0.3, -0.25) is 4.98 Å². The average molecular weight is 331 g/mol. The van der Waals surface area contributed by atoms with E-state index in [1.54, 1.807) is 4.90 Å². The largest absolute Gasteiger partial charge is 0.444 e. The molecule has 0 aliphatic carbocycles. The maximum Gasteiger partial charge on any atom is 0.410 e. The molecule has 0 N–H and O–H groups in total. The lowest BCUT2D eigenvalue weighted by Crippen LogP contribution is -2.40. The van der Waals surface area contributed by atoms with Crippen molar-refractivity contribution in [2.45, 2.75) is 59.0 Å². The zero-order valence-electron chi connectivity index (χ0n) is 15.0. The first kappa shape index (κ1) is 17.5. The molecule has 5 heteroatoms. The molecule has 1 aromatic heterocycles. The summed E-state index contributed by atoms with van der Waals surface area (Å²) in [6, 6.07) is 2.06. The Labute approximate surface area is 140 Å². The van der Waals surface area contributed by atoms with Crippen LogP contribution in [-0.2, 0) is 17.7 Å². The molecular formula is C18H26N2O2Si. The zero-order chi connectivity index (χ0) is 17.3. The number of pyridine rings is 1. The zero-order valence-corrected chi connectivity index (χ0v) is 16.0. The molecule has 0 atom stereocenters. The van der Waals surface area contributed by atoms with Crippen LogP contribution in [0.2, 0.25) is 19.6 Å². The SMILES string of the molecule is CC(C)(C)OC(=O)N1CCc2ncc(C#C[Si](C)(C)C)cc2C1. The van der Waals surface area contributed by atoms with E-state index in [0.717, 1.165) is 23.2 Å². The van der Waals surface area contributed by atoms with Gasteiger partial charge >= 0.3 is 6.09 Å². The van der Waals surface area contributed by atoms with E-state index in [9.17, 15) is 4.79 Å². The summed E-state index contributed by atoms with van der Waals surface area (Å²) in [5, 5.41) is 0. The number of fused-ring (bicyclic) bond motifs is 1. The summed E-state index contributed by atoms with van der Waals surface area (Å²) in [4.78, 5) is 18.5. The third-order valence-corrected chi connectivity index (χ3v) is 4.15. The number of carbonyl (C=O) groups is 1. The first-order chi connectivity index (χ1) is 10.5. The van der Waals surface area contributed by atoms with E-state index in [-0.39, 0.29) is 6.09 Å². The number of amides is 1. The van der Waals surface area contributed by atoms with Crippen LogP contribution in [0, 0.1) is 11.5 Å². The lowest BCUT2D eigenvalue weighted by atomic mass is 10.0. The molecule has 2 heterocycles. The normalized spacial score (nSPS) is 14.6. The van der Waals surface area contributed by atoms with Gasteiger partial charge in [-0.05, 0) is 32.4 Å². The van der Waals surface area contributed by atoms with Gasteiger partial charge in [-0.15, -0.1) is 5.54 Å². The van der Waals surface area contributed by atoms with Gasteiger partial charge in [0.1, 0.15) is 13.7 Å². The summed E-state index contributed by atoms with van der Waals surface area (Å²) in [6.45, 7) is 13.5. The van der Waals surface area contributed by atoms with Crippen molar-refractivity contribution in [3.8, 4) is 11.5 Å². The third kappa shape index (κ3) is 5.40. The number of nitrogens with zero attached hydrogens (tertiary/aromatic N) is 2. The second-order valence-electron chi connectivity index (χ2n) is 7.98. The Hall–Kier alpha value is -1.80. The number of rotatable bonds is 0. The molecule has 0 spiro atoms. The van der Waals surface area contributed by atoms with Crippen LogP contribution >= 0.6 is 0 Å². The molecule has 1 aliphatic heterocycles. The smallest absolute Gasteiger partial charge is 0.410 e. The Morgan fingerprint density at radius 3 is 2.65 bits per heavy atom. The second-order valence-corrected chi connectivity index (χ2v) is 12.7. The molecule has 0 bridgehead atoms. The molecule has 0 radical (unpaired) electrons. The monoisotopic (exact) mass is 330 g/mol. The summed E-state index contributed by atoms with van der Waals surface area (Å²) in [5.74, 6) is 3.23. The van der Waals surface area contributed by atoms with Crippen LogP contribution in [0.3, 0.4) is 0 Å². The van der Waals surface area contributed by atoms with Crippen LogP contribution < -0.4 is 0 Å². The highest BCUT2D eigenvalue weighted by atomic mass is 28.3. The molecule has 4 nitrogen and oxygen atoms in total. The van der Waals surface area contributed by atoms with Crippen molar-refractivity contribution in [1.29, 1.82) is 0 Å². The fraction of sp³-hybridized carbons (Fsp3) is 0.556. The minimum atomic E-state index is -1.41. The Morgan fingerprint density at radius 2 is 2.04 bits per heavy atom. The molecule has 1 aromatic rings. The molecule has 0 saturated carbocycles. The van der Waals surface area contributed by atoms with Crippen LogP contribution in [0.5, 0.6) is 0 Å². The van der Waals surface area contributed by atoms with Gasteiger partial charge < -0.3 is 9.64 Å². The van der Waals surface area contributed by atoms with Gasteiger partial charge in [0.2, 0.25) is 0 Å². The summed E-state index contributed by atoms with van der Waals surface area (Å²) in [6.07, 6.45) is 2.34. The van der Waals surface area contributed by atoms with E-state index >= 15 is 0 Å². The molecule has 0 aromatic carbocycles. The van der Waals surface area contributed by atoms with E-state index < -0.39 is 13.7 Å². The average Bonchev–Trinajstić information content (AvgIpc) is 2.41. The first-order valence-corrected chi connectivity index (χ1v) is 11.5. The van der Waals surface area contributed by atoms with E-state index in [1.807, 2.05) is 27.0 Å². The molecule has 23 heavy (non-hydrogen) atoms. The van der Waals surface area contributed by atoms with E-state index in [2.05, 4.69) is 42.2 Å². The van der Waals surface area contributed by atoms with Crippen molar-refractivity contribution in [3.63, 3.8) is 0 Å². The van der Waals surface area contributed by atoms with Crippen molar-refractivity contribution in [1.82, 2.24) is 9.88 Å². The molecule has 1 aliphatic rings. The van der Waals surface area contributed by atoms with E-state index in [1.165, 1.54) is 0 Å². The van der Waals surface area contributed by atoms with Crippen molar-refractivity contribution < 1.29 is 9.53 Å². The van der Waals surface area contributed by atoms with Crippen LogP contribution in [0.25, 0.3) is 0 Å². The summed E-state index contributed by atoms with van der Waals surface area (Å²) < 4.78 is 5.46. The van der Waals surface area contributed by atoms with Crippen LogP contribution in [0.15, 0.2) is 12.3 Å². The fourth-order valence-corrected chi connectivity index (χ4v) is 2.76. The molecule has 124 valence electrons. The van der Waals surface area contributed by atoms with Gasteiger partial charge in [0.25, 0.3) is 0 Å². The number of aromatic nitrogens is 1. The quantitative estimate of drug-likeness (QED) is 0.539. The predicted octanol–water partition coefficient (Wildman–Crippen LogP) is 3.60. The number of hydrogen-bond acceptors (Lipinski definition) is 3. The van der Waals surface area contributed by atoms with E-state index in [0.29, 0.717) is 13.1 Å². The summed E-state index contributed by atoms with van der Waals surface area (Å²) in [7, 11) is -1.41. The third-order valence-electron chi connectivity index (χ3n) is 3.27. The predicted molar refractivity (Wildman–Crippen MR) is 94.8 cm³/mol. The molecule has 2 rings (SSSR count). The standard InChI is InChI=1S/C18H26N2O2Si/c1-18(2,3)22-17(21)20-9-7-16-15(13-20)11-14(12-19-16)8-10-23(4,5)6/h11-12H,7,9,13H2,1-6H3. The molecule has 0 fully saturated rings. The van der Waals surface area contributed by atoms with Crippen molar-refractivity contribution in [2.75, 3.05) is 6.54 Å². The molecule has 1 amide bonds. The maximum atomic E-state index is 12.2. The minimum Gasteiger partial charge on any atom is -0.444 e. The number of hydrogen-bond donors (Lipinski definition) is 0. The fourth-order valence-electron chi connectivity index (χ4n) is 2.24. The second kappa shape index (κ2) is 6.36. The first-order valence-electron chi connectivity index (χ1n) is 8.02. The van der Waals surface area contributed by atoms with Crippen LogP contribution in [0.4, 0.5) is 4.79 Å². The van der Waals surface area contributed by atoms with Gasteiger partial charge in [0, 0.05) is 30.4 Å². The highest BCUT2D eigenvalue weighted by Gasteiger charge is 2.26. The number of carbonyl (C=O) groups excluding carboxylic acids is 1. The van der Waals surface area contributed by atoms with Crippen molar-refractivity contribution in [3.05, 3.63) is 29.1 Å². The van der Waals surface area contributed by atoms with Crippen LogP contribution in [0.1, 0.15) is 37.6 Å². The van der Waals surface area contributed by atoms with Gasteiger partial charge in [-0.2, -0.15) is 0 Å². The summed E-state index contributed by atoms with van der Waals surface area (Å²) >= 11 is 0. The Kier molecular flexibility index (Phi) is 4.86. The molecular weight excluding hydrogens is 304 g/mol. The molecule has 0 saturated heterocycles. The van der Waals surface area contributed by atoms with Gasteiger partial charge in [-0.25, -0.2) is 4.79 Å². The lowest BCUT2D eigenvalue weighted by molar-refractivity contribution is 0.0222. The van der Waals surface area contributed by atoms with Crippen molar-refractivity contribution in [2.24, 2.45) is 0 Å². The highest BCUT2D eigenvalue weighted by Crippen LogP contribution is 2.20. The van der Waals surface area contributed by atoms with Crippen LogP contribution in [-0.4, -0.2) is 36.2 Å². The van der Waals surface area contributed by atoms with Gasteiger partial charge in [0.15, 0.2) is 0 Å². The minimum absolute atomic E-state index is 0.262. The highest BCUT2D eigenvalue weighted by molar-refractivity contribution is 6.83. The van der Waals surface area contributed by atoms with E-state index in [4.69, 9.17) is 4.74 Å². The maximum absolute atomic E-state index is 12.2. The Balaban J connectivity index is 2.16. The van der Waals surface area contributed by atoms with Gasteiger partial charge in [-0.1, -0.05) is 25.6 Å².